The highest BCUT2D eigenvalue weighted by atomic mass is 33.1. The average molecular weight is 1080 g/mol. The van der Waals surface area contributed by atoms with Gasteiger partial charge >= 0.3 is 0 Å². The van der Waals surface area contributed by atoms with E-state index in [0.717, 1.165) is 21.6 Å². The molecule has 2 heterocycles. The van der Waals surface area contributed by atoms with E-state index in [9.17, 15) is 62.6 Å². The molecule has 28 heteroatoms. The summed E-state index contributed by atoms with van der Waals surface area (Å²) in [6.07, 6.45) is 0.312. The molecule has 2 aliphatic heterocycles. The van der Waals surface area contributed by atoms with Crippen molar-refractivity contribution in [2.24, 2.45) is 28.9 Å². The lowest BCUT2D eigenvalue weighted by Crippen LogP contribution is -2.62. The van der Waals surface area contributed by atoms with Crippen LogP contribution in [-0.4, -0.2) is 160 Å². The molecule has 0 radical (unpaired) electrons. The number of amides is 12. The lowest BCUT2D eigenvalue weighted by Gasteiger charge is -2.33. The van der Waals surface area contributed by atoms with Gasteiger partial charge < -0.3 is 75.5 Å². The first-order valence-electron chi connectivity index (χ1n) is 24.1. The molecule has 74 heavy (non-hydrogen) atoms. The highest BCUT2D eigenvalue weighted by Crippen LogP contribution is 2.38. The largest absolute Gasteiger partial charge is 0.508 e. The molecule has 410 valence electrons. The quantitative estimate of drug-likeness (QED) is 0.0317. The molecular formula is C46H71N13O13S2. The van der Waals surface area contributed by atoms with Crippen LogP contribution in [0.5, 0.6) is 5.75 Å². The van der Waals surface area contributed by atoms with Gasteiger partial charge in [0, 0.05) is 36.4 Å². The Labute approximate surface area is 436 Å². The monoisotopic (exact) mass is 1080 g/mol. The summed E-state index contributed by atoms with van der Waals surface area (Å²) >= 11 is 0. The van der Waals surface area contributed by atoms with E-state index in [4.69, 9.17) is 22.9 Å². The van der Waals surface area contributed by atoms with Crippen LogP contribution in [0.1, 0.15) is 91.0 Å². The minimum atomic E-state index is -1.79. The molecule has 12 amide bonds. The van der Waals surface area contributed by atoms with Crippen LogP contribution < -0.4 is 65.5 Å². The van der Waals surface area contributed by atoms with Crippen LogP contribution in [-0.2, 0) is 64.0 Å². The van der Waals surface area contributed by atoms with Crippen LogP contribution in [0.25, 0.3) is 0 Å². The van der Waals surface area contributed by atoms with Gasteiger partial charge in [0.1, 0.15) is 48.0 Å². The number of benzene rings is 1. The molecule has 0 bridgehead atoms. The maximum absolute atomic E-state index is 14.7. The predicted octanol–water partition coefficient (Wildman–Crippen LogP) is -3.96. The molecule has 1 aromatic carbocycles. The number of nitrogens with one attached hydrogen (secondary N) is 8. The molecule has 2 saturated heterocycles. The fraction of sp³-hybridized carbons (Fsp3) is 0.609. The fourth-order valence-corrected chi connectivity index (χ4v) is 10.6. The number of nitrogens with two attached hydrogens (primary N) is 4. The van der Waals surface area contributed by atoms with Gasteiger partial charge in [-0.05, 0) is 76.0 Å². The van der Waals surface area contributed by atoms with E-state index in [2.05, 4.69) is 42.5 Å². The summed E-state index contributed by atoms with van der Waals surface area (Å²) in [6.45, 7) is 6.40. The Morgan fingerprint density at radius 1 is 0.851 bits per heavy atom. The molecule has 3 rings (SSSR count). The highest BCUT2D eigenvalue weighted by molar-refractivity contribution is 8.77. The van der Waals surface area contributed by atoms with Crippen LogP contribution in [0.2, 0.25) is 0 Å². The predicted molar refractivity (Wildman–Crippen MR) is 272 cm³/mol. The Kier molecular flexibility index (Phi) is 24.9. The van der Waals surface area contributed by atoms with E-state index in [1.807, 2.05) is 0 Å². The summed E-state index contributed by atoms with van der Waals surface area (Å²) in [6, 6.07) is -5.51. The maximum Gasteiger partial charge on any atom is 0.246 e. The Morgan fingerprint density at radius 2 is 1.49 bits per heavy atom. The third-order valence-electron chi connectivity index (χ3n) is 12.4. The lowest BCUT2D eigenvalue weighted by molar-refractivity contribution is -0.142. The second-order valence-corrected chi connectivity index (χ2v) is 21.6. The SMILES string of the molecule is CC[C@@H](C)[C@@H]1NC(=O)[C@@H](Cc2ccc(O)cc2)NC(=O)[C@H](N)C(C)(C)SSC[C@@H](C(=O)N2CCC[C@@H]2C(=O)N[C@@H](CCCCNC=O)C(=O)NCC(N)=O)NC(=O)[C@H](CC(N)=O)NC(=O)[C@@H](CCC(N)=O)NC1=O. The number of carbonyl (C=O) groups is 12. The van der Waals surface area contributed by atoms with Crippen molar-refractivity contribution in [3.05, 3.63) is 29.8 Å². The Balaban J connectivity index is 2.10. The third-order valence-corrected chi connectivity index (χ3v) is 15.7. The van der Waals surface area contributed by atoms with E-state index in [1.165, 1.54) is 29.2 Å². The number of likely N-dealkylation sites (tertiary alicyclic amines) is 1. The first-order valence-corrected chi connectivity index (χ1v) is 26.5. The highest BCUT2D eigenvalue weighted by Gasteiger charge is 2.42. The smallest absolute Gasteiger partial charge is 0.246 e. The second kappa shape index (κ2) is 29.9. The zero-order valence-corrected chi connectivity index (χ0v) is 43.5. The molecule has 2 aliphatic rings. The third kappa shape index (κ3) is 19.6. The molecule has 2 fully saturated rings. The van der Waals surface area contributed by atoms with Gasteiger partial charge in [-0.2, -0.15) is 0 Å². The van der Waals surface area contributed by atoms with Crippen molar-refractivity contribution >= 4 is 93.0 Å². The van der Waals surface area contributed by atoms with Gasteiger partial charge in [0.2, 0.25) is 71.4 Å². The number of hydrogen-bond acceptors (Lipinski definition) is 16. The van der Waals surface area contributed by atoms with Crippen LogP contribution in [0, 0.1) is 5.92 Å². The molecule has 0 unspecified atom stereocenters. The van der Waals surface area contributed by atoms with Gasteiger partial charge in [-0.3, -0.25) is 57.5 Å². The number of nitrogens with zero attached hydrogens (tertiary/aromatic N) is 1. The summed E-state index contributed by atoms with van der Waals surface area (Å²) in [5.74, 6) is -10.6. The minimum Gasteiger partial charge on any atom is -0.508 e. The van der Waals surface area contributed by atoms with E-state index in [0.29, 0.717) is 37.7 Å². The Morgan fingerprint density at radius 3 is 2.11 bits per heavy atom. The number of aromatic hydroxyl groups is 1. The normalized spacial score (nSPS) is 24.0. The molecular weight excluding hydrogens is 1010 g/mol. The summed E-state index contributed by atoms with van der Waals surface area (Å²) in [7, 11) is 2.04. The van der Waals surface area contributed by atoms with Crippen LogP contribution in [0.15, 0.2) is 24.3 Å². The van der Waals surface area contributed by atoms with Crippen LogP contribution in [0.4, 0.5) is 0 Å². The Hall–Kier alpha value is -6.68. The second-order valence-electron chi connectivity index (χ2n) is 18.6. The minimum absolute atomic E-state index is 0.00671. The molecule has 0 aromatic heterocycles. The first-order chi connectivity index (χ1) is 34.9. The number of phenols is 1. The van der Waals surface area contributed by atoms with Crippen molar-refractivity contribution in [1.82, 2.24) is 47.4 Å². The fourth-order valence-electron chi connectivity index (χ4n) is 7.83. The van der Waals surface area contributed by atoms with E-state index in [1.54, 1.807) is 27.7 Å². The van der Waals surface area contributed by atoms with Gasteiger partial charge in [-0.1, -0.05) is 54.0 Å². The maximum atomic E-state index is 14.7. The topological polar surface area (TPSA) is 429 Å². The molecule has 1 aromatic rings. The lowest BCUT2D eigenvalue weighted by atomic mass is 9.96. The first kappa shape index (κ1) is 61.6. The summed E-state index contributed by atoms with van der Waals surface area (Å²) in [4.78, 5) is 161. The van der Waals surface area contributed by atoms with Crippen molar-refractivity contribution in [3.63, 3.8) is 0 Å². The number of unbranched alkanes of at least 4 members (excludes halogenated alkanes) is 1. The molecule has 0 aliphatic carbocycles. The van der Waals surface area contributed by atoms with Crippen molar-refractivity contribution in [2.75, 3.05) is 25.4 Å². The summed E-state index contributed by atoms with van der Waals surface area (Å²) in [5, 5.41) is 30.3. The zero-order valence-electron chi connectivity index (χ0n) is 41.9. The van der Waals surface area contributed by atoms with Crippen molar-refractivity contribution in [3.8, 4) is 5.75 Å². The molecule has 26 nitrogen and oxygen atoms in total. The van der Waals surface area contributed by atoms with Crippen molar-refractivity contribution in [2.45, 2.75) is 145 Å². The molecule has 0 saturated carbocycles. The van der Waals surface area contributed by atoms with Crippen molar-refractivity contribution < 1.29 is 62.6 Å². The number of primary amides is 3. The average Bonchev–Trinajstić information content (AvgIpc) is 3.84. The van der Waals surface area contributed by atoms with E-state index in [-0.39, 0.29) is 43.9 Å². The van der Waals surface area contributed by atoms with Crippen LogP contribution >= 0.6 is 21.6 Å². The number of phenolic OH excluding ortho intramolecular Hbond substituents is 1. The van der Waals surface area contributed by atoms with Gasteiger partial charge in [-0.15, -0.1) is 0 Å². The van der Waals surface area contributed by atoms with Gasteiger partial charge in [0.15, 0.2) is 0 Å². The standard InChI is InChI=1S/C46H71N13O13S2/c1-5-24(2)36-43(70)54-28(15-16-33(47)62)39(66)55-30(20-34(48)63)40(67)57-31(22-73-74-46(3,4)37(50)44(71)56-29(41(68)58-36)19-25-11-13-26(61)14-12-25)45(72)59-18-8-10-32(59)42(69)53-27(9-6-7-17-51-23-60)38(65)52-21-35(49)64/h11-14,23-24,27-32,36-37,61H,5-10,15-22,50H2,1-4H3,(H2,47,62)(H2,48,63)(H2,49,64)(H,51,60)(H,52,65)(H,53,69)(H,54,70)(H,55,66)(H,56,71)(H,57,67)(H,58,68)/t24-,27+,28-,29-,30+,31+,32-,36+,37+/m1/s1. The van der Waals surface area contributed by atoms with Gasteiger partial charge in [-0.25, -0.2) is 0 Å². The number of carbonyl (C=O) groups excluding carboxylic acids is 12. The van der Waals surface area contributed by atoms with Crippen molar-refractivity contribution in [1.29, 1.82) is 0 Å². The number of hydrogen-bond donors (Lipinski definition) is 13. The molecule has 9 atom stereocenters. The Bertz CT molecular complexity index is 2210. The van der Waals surface area contributed by atoms with Gasteiger partial charge in [0.05, 0.1) is 19.0 Å². The van der Waals surface area contributed by atoms with Crippen LogP contribution in [0.3, 0.4) is 0 Å². The zero-order chi connectivity index (χ0) is 55.3. The van der Waals surface area contributed by atoms with Gasteiger partial charge in [0.25, 0.3) is 0 Å². The van der Waals surface area contributed by atoms with E-state index < -0.39 is 150 Å². The van der Waals surface area contributed by atoms with E-state index >= 15 is 0 Å². The summed E-state index contributed by atoms with van der Waals surface area (Å²) in [5.41, 5.74) is 23.3. The number of rotatable bonds is 21. The summed E-state index contributed by atoms with van der Waals surface area (Å²) < 4.78 is -1.18. The molecule has 17 N–H and O–H groups in total. The molecule has 0 spiro atoms.